The Labute approximate surface area is 157 Å². The van der Waals surface area contributed by atoms with Crippen LogP contribution in [0, 0.1) is 5.82 Å². The minimum Gasteiger partial charge on any atom is -0.378 e. The normalized spacial score (nSPS) is 17.9. The van der Waals surface area contributed by atoms with Crippen molar-refractivity contribution in [3.63, 3.8) is 0 Å². The Morgan fingerprint density at radius 1 is 0.852 bits per heavy atom. The number of anilines is 2. The molecule has 2 saturated heterocycles. The van der Waals surface area contributed by atoms with Crippen molar-refractivity contribution in [2.75, 3.05) is 62.3 Å². The second kappa shape index (κ2) is 7.87. The summed E-state index contributed by atoms with van der Waals surface area (Å²) >= 11 is 0. The number of carbonyl (C=O) groups is 1. The Bertz CT molecular complexity index is 770. The second-order valence-corrected chi connectivity index (χ2v) is 6.63. The van der Waals surface area contributed by atoms with Crippen LogP contribution in [0.1, 0.15) is 10.5 Å². The lowest BCUT2D eigenvalue weighted by atomic mass is 10.2. The van der Waals surface area contributed by atoms with E-state index in [4.69, 9.17) is 4.74 Å². The zero-order valence-corrected chi connectivity index (χ0v) is 15.1. The third kappa shape index (κ3) is 4.00. The third-order valence-electron chi connectivity index (χ3n) is 4.96. The molecule has 0 bridgehead atoms. The van der Waals surface area contributed by atoms with E-state index in [1.807, 2.05) is 6.07 Å². The molecule has 142 valence electrons. The molecule has 1 aromatic carbocycles. The number of hydrogen-bond donors (Lipinski definition) is 0. The van der Waals surface area contributed by atoms with Crippen molar-refractivity contribution in [2.24, 2.45) is 0 Å². The van der Waals surface area contributed by atoms with Crippen LogP contribution in [0.2, 0.25) is 0 Å². The smallest absolute Gasteiger partial charge is 0.274 e. The van der Waals surface area contributed by atoms with Gasteiger partial charge in [0.05, 0.1) is 13.2 Å². The van der Waals surface area contributed by atoms with Crippen molar-refractivity contribution in [1.82, 2.24) is 15.1 Å². The number of ether oxygens (including phenoxy) is 1. The highest BCUT2D eigenvalue weighted by atomic mass is 19.1. The largest absolute Gasteiger partial charge is 0.378 e. The number of hydrogen-bond acceptors (Lipinski definition) is 6. The van der Waals surface area contributed by atoms with Crippen molar-refractivity contribution in [1.29, 1.82) is 0 Å². The second-order valence-electron chi connectivity index (χ2n) is 6.63. The van der Waals surface area contributed by atoms with Gasteiger partial charge in [-0.3, -0.25) is 4.79 Å². The predicted molar refractivity (Wildman–Crippen MR) is 99.6 cm³/mol. The highest BCUT2D eigenvalue weighted by Crippen LogP contribution is 2.19. The lowest BCUT2D eigenvalue weighted by molar-refractivity contribution is 0.0298. The summed E-state index contributed by atoms with van der Waals surface area (Å²) in [6.45, 7) is 5.54. The SMILES string of the molecule is O=C(c1ccc(N2CCN(c3ccc(F)cc3)CC2)nn1)N1CCOCC1. The van der Waals surface area contributed by atoms with Crippen LogP contribution < -0.4 is 9.80 Å². The number of amides is 1. The Hall–Kier alpha value is -2.74. The molecule has 0 unspecified atom stereocenters. The van der Waals surface area contributed by atoms with Gasteiger partial charge in [-0.2, -0.15) is 0 Å². The van der Waals surface area contributed by atoms with Crippen molar-refractivity contribution >= 4 is 17.4 Å². The maximum Gasteiger partial charge on any atom is 0.274 e. The molecule has 27 heavy (non-hydrogen) atoms. The first-order valence-corrected chi connectivity index (χ1v) is 9.17. The predicted octanol–water partition coefficient (Wildman–Crippen LogP) is 1.41. The molecule has 0 radical (unpaired) electrons. The Balaban J connectivity index is 1.36. The zero-order chi connectivity index (χ0) is 18.6. The summed E-state index contributed by atoms with van der Waals surface area (Å²) in [5.41, 5.74) is 1.39. The number of aromatic nitrogens is 2. The molecule has 0 N–H and O–H groups in total. The summed E-state index contributed by atoms with van der Waals surface area (Å²) in [6.07, 6.45) is 0. The standard InChI is InChI=1S/C19H22FN5O2/c20-15-1-3-16(4-2-15)23-7-9-24(10-8-23)18-6-5-17(21-22-18)19(26)25-11-13-27-14-12-25/h1-6H,7-14H2. The van der Waals surface area contributed by atoms with E-state index in [0.29, 0.717) is 32.0 Å². The maximum absolute atomic E-state index is 13.1. The highest BCUT2D eigenvalue weighted by Gasteiger charge is 2.22. The molecule has 2 aromatic rings. The number of morpholine rings is 1. The molecule has 8 heteroatoms. The molecule has 0 saturated carbocycles. The summed E-state index contributed by atoms with van der Waals surface area (Å²) in [7, 11) is 0. The minimum absolute atomic E-state index is 0.0986. The summed E-state index contributed by atoms with van der Waals surface area (Å²) in [5.74, 6) is 0.449. The number of benzene rings is 1. The quantitative estimate of drug-likeness (QED) is 0.813. The third-order valence-corrected chi connectivity index (χ3v) is 4.96. The fraction of sp³-hybridized carbons (Fsp3) is 0.421. The molecular weight excluding hydrogens is 349 g/mol. The lowest BCUT2D eigenvalue weighted by Crippen LogP contribution is -2.47. The number of rotatable bonds is 3. The van der Waals surface area contributed by atoms with Crippen LogP contribution in [0.25, 0.3) is 0 Å². The average molecular weight is 371 g/mol. The molecule has 1 aromatic heterocycles. The maximum atomic E-state index is 13.1. The first-order valence-electron chi connectivity index (χ1n) is 9.17. The van der Waals surface area contributed by atoms with Crippen LogP contribution >= 0.6 is 0 Å². The van der Waals surface area contributed by atoms with Gasteiger partial charge in [0.25, 0.3) is 5.91 Å². The van der Waals surface area contributed by atoms with E-state index < -0.39 is 0 Å². The van der Waals surface area contributed by atoms with Crippen molar-refractivity contribution < 1.29 is 13.9 Å². The van der Waals surface area contributed by atoms with E-state index in [9.17, 15) is 9.18 Å². The molecular formula is C19H22FN5O2. The van der Waals surface area contributed by atoms with Gasteiger partial charge in [-0.05, 0) is 36.4 Å². The van der Waals surface area contributed by atoms with E-state index >= 15 is 0 Å². The van der Waals surface area contributed by atoms with Crippen LogP contribution in [0.15, 0.2) is 36.4 Å². The van der Waals surface area contributed by atoms with E-state index in [1.165, 1.54) is 12.1 Å². The van der Waals surface area contributed by atoms with Gasteiger partial charge in [0.2, 0.25) is 0 Å². The summed E-state index contributed by atoms with van der Waals surface area (Å²) in [6, 6.07) is 10.2. The number of nitrogens with zero attached hydrogens (tertiary/aromatic N) is 5. The molecule has 2 fully saturated rings. The van der Waals surface area contributed by atoms with Gasteiger partial charge < -0.3 is 19.4 Å². The fourth-order valence-electron chi connectivity index (χ4n) is 3.38. The molecule has 0 atom stereocenters. The summed E-state index contributed by atoms with van der Waals surface area (Å²) in [5, 5.41) is 8.39. The van der Waals surface area contributed by atoms with Crippen molar-refractivity contribution in [3.05, 3.63) is 47.9 Å². The number of piperazine rings is 1. The van der Waals surface area contributed by atoms with Gasteiger partial charge in [-0.15, -0.1) is 10.2 Å². The first-order chi connectivity index (χ1) is 13.2. The monoisotopic (exact) mass is 371 g/mol. The molecule has 0 aliphatic carbocycles. The molecule has 0 spiro atoms. The van der Waals surface area contributed by atoms with E-state index in [0.717, 1.165) is 37.7 Å². The Kier molecular flexibility index (Phi) is 5.15. The Morgan fingerprint density at radius 2 is 1.52 bits per heavy atom. The van der Waals surface area contributed by atoms with Gasteiger partial charge in [-0.25, -0.2) is 4.39 Å². The van der Waals surface area contributed by atoms with Crippen LogP contribution in [0.5, 0.6) is 0 Å². The van der Waals surface area contributed by atoms with Gasteiger partial charge in [0, 0.05) is 45.0 Å². The molecule has 1 amide bonds. The molecule has 3 heterocycles. The van der Waals surface area contributed by atoms with Gasteiger partial charge >= 0.3 is 0 Å². The molecule has 2 aliphatic rings. The van der Waals surface area contributed by atoms with E-state index in [2.05, 4.69) is 20.0 Å². The average Bonchev–Trinajstić information content (AvgIpc) is 2.75. The number of carbonyl (C=O) groups excluding carboxylic acids is 1. The van der Waals surface area contributed by atoms with E-state index in [1.54, 1.807) is 23.1 Å². The van der Waals surface area contributed by atoms with Crippen molar-refractivity contribution in [2.45, 2.75) is 0 Å². The Morgan fingerprint density at radius 3 is 2.15 bits per heavy atom. The lowest BCUT2D eigenvalue weighted by Gasteiger charge is -2.36. The van der Waals surface area contributed by atoms with Crippen LogP contribution in [-0.2, 0) is 4.74 Å². The molecule has 7 nitrogen and oxygen atoms in total. The topological polar surface area (TPSA) is 61.8 Å². The van der Waals surface area contributed by atoms with Gasteiger partial charge in [0.1, 0.15) is 5.82 Å². The van der Waals surface area contributed by atoms with Crippen LogP contribution in [0.3, 0.4) is 0 Å². The van der Waals surface area contributed by atoms with Crippen molar-refractivity contribution in [3.8, 4) is 0 Å². The fourth-order valence-corrected chi connectivity index (χ4v) is 3.38. The molecule has 4 rings (SSSR count). The van der Waals surface area contributed by atoms with E-state index in [-0.39, 0.29) is 11.7 Å². The minimum atomic E-state index is -0.223. The summed E-state index contributed by atoms with van der Waals surface area (Å²) in [4.78, 5) is 18.5. The zero-order valence-electron chi connectivity index (χ0n) is 15.1. The number of halogens is 1. The highest BCUT2D eigenvalue weighted by molar-refractivity contribution is 5.92. The first kappa shape index (κ1) is 17.7. The van der Waals surface area contributed by atoms with Crippen LogP contribution in [-0.4, -0.2) is 73.5 Å². The summed E-state index contributed by atoms with van der Waals surface area (Å²) < 4.78 is 18.3. The van der Waals surface area contributed by atoms with Crippen LogP contribution in [0.4, 0.5) is 15.9 Å². The van der Waals surface area contributed by atoms with Gasteiger partial charge in [-0.1, -0.05) is 0 Å². The molecule has 2 aliphatic heterocycles. The van der Waals surface area contributed by atoms with Gasteiger partial charge in [0.15, 0.2) is 11.5 Å².